The number of hydrogen-bond donors (Lipinski definition) is 1. The average Bonchev–Trinajstić information content (AvgIpc) is 2.89. The van der Waals surface area contributed by atoms with E-state index in [1.165, 1.54) is 0 Å². The molecule has 1 heterocycles. The van der Waals surface area contributed by atoms with E-state index in [0.29, 0.717) is 0 Å². The second kappa shape index (κ2) is 6.06. The first-order valence-electron chi connectivity index (χ1n) is 6.50. The molecule has 0 aliphatic rings. The lowest BCUT2D eigenvalue weighted by Crippen LogP contribution is -2.49. The zero-order valence-electron chi connectivity index (χ0n) is 11.2. The third kappa shape index (κ3) is 2.84. The smallest absolute Gasteiger partial charge is 0.253 e. The van der Waals surface area contributed by atoms with Gasteiger partial charge in [0, 0.05) is 26.3 Å². The van der Waals surface area contributed by atoms with Crippen LogP contribution in [0.1, 0.15) is 37.0 Å². The lowest BCUT2D eigenvalue weighted by atomic mass is 9.95. The van der Waals surface area contributed by atoms with Gasteiger partial charge in [0.25, 0.3) is 5.91 Å². The number of alkyl halides is 1. The molecule has 1 N–H and O–H groups in total. The number of fused-ring (bicyclic) bond motifs is 1. The standard InChI is InChI=1S/C15H18BrNOS/c1-3-15(4-2,10-16)17-14(18)12-9-19-13-8-6-5-7-11(12)13/h5-9H,3-4,10H2,1-2H3,(H,17,18). The fourth-order valence-corrected chi connectivity index (χ4v) is 3.99. The van der Waals surface area contributed by atoms with E-state index in [4.69, 9.17) is 0 Å². The molecule has 0 fully saturated rings. The van der Waals surface area contributed by atoms with Gasteiger partial charge < -0.3 is 5.32 Å². The molecule has 1 amide bonds. The Bertz CT molecular complexity index is 566. The predicted molar refractivity (Wildman–Crippen MR) is 86.4 cm³/mol. The van der Waals surface area contributed by atoms with Gasteiger partial charge in [-0.2, -0.15) is 0 Å². The fourth-order valence-electron chi connectivity index (χ4n) is 2.11. The molecule has 0 spiro atoms. The van der Waals surface area contributed by atoms with Crippen molar-refractivity contribution in [2.45, 2.75) is 32.2 Å². The maximum Gasteiger partial charge on any atom is 0.253 e. The van der Waals surface area contributed by atoms with Crippen molar-refractivity contribution >= 4 is 43.3 Å². The summed E-state index contributed by atoms with van der Waals surface area (Å²) >= 11 is 5.14. The van der Waals surface area contributed by atoms with Crippen molar-refractivity contribution in [1.82, 2.24) is 5.32 Å². The van der Waals surface area contributed by atoms with E-state index in [-0.39, 0.29) is 11.4 Å². The largest absolute Gasteiger partial charge is 0.346 e. The first-order chi connectivity index (χ1) is 9.15. The Hall–Kier alpha value is -0.870. The van der Waals surface area contributed by atoms with E-state index in [1.54, 1.807) is 11.3 Å². The summed E-state index contributed by atoms with van der Waals surface area (Å²) in [5.41, 5.74) is 0.632. The minimum absolute atomic E-state index is 0.0283. The zero-order valence-corrected chi connectivity index (χ0v) is 13.6. The van der Waals surface area contributed by atoms with Gasteiger partial charge in [-0.15, -0.1) is 11.3 Å². The number of halogens is 1. The van der Waals surface area contributed by atoms with Gasteiger partial charge in [-0.3, -0.25) is 4.79 Å². The maximum atomic E-state index is 12.5. The minimum atomic E-state index is -0.153. The second-order valence-corrected chi connectivity index (χ2v) is 6.19. The van der Waals surface area contributed by atoms with Crippen LogP contribution in [-0.4, -0.2) is 16.8 Å². The summed E-state index contributed by atoms with van der Waals surface area (Å²) in [6.07, 6.45) is 1.84. The monoisotopic (exact) mass is 339 g/mol. The van der Waals surface area contributed by atoms with Crippen LogP contribution in [0.3, 0.4) is 0 Å². The van der Waals surface area contributed by atoms with Crippen LogP contribution in [0.25, 0.3) is 10.1 Å². The zero-order chi connectivity index (χ0) is 13.9. The van der Waals surface area contributed by atoms with Crippen LogP contribution < -0.4 is 5.32 Å². The number of nitrogens with one attached hydrogen (secondary N) is 1. The number of hydrogen-bond acceptors (Lipinski definition) is 2. The molecule has 1 aromatic carbocycles. The molecule has 0 saturated heterocycles. The molecule has 0 aliphatic heterocycles. The molecule has 2 nitrogen and oxygen atoms in total. The molecule has 0 unspecified atom stereocenters. The molecule has 0 atom stereocenters. The van der Waals surface area contributed by atoms with Crippen molar-refractivity contribution in [3.63, 3.8) is 0 Å². The van der Waals surface area contributed by atoms with Gasteiger partial charge in [-0.05, 0) is 18.9 Å². The van der Waals surface area contributed by atoms with Crippen molar-refractivity contribution < 1.29 is 4.79 Å². The molecule has 102 valence electrons. The molecule has 0 radical (unpaired) electrons. The summed E-state index contributed by atoms with van der Waals surface area (Å²) in [7, 11) is 0. The van der Waals surface area contributed by atoms with E-state index in [0.717, 1.165) is 33.8 Å². The summed E-state index contributed by atoms with van der Waals surface area (Å²) < 4.78 is 1.16. The Balaban J connectivity index is 2.29. The van der Waals surface area contributed by atoms with Crippen LogP contribution in [-0.2, 0) is 0 Å². The van der Waals surface area contributed by atoms with E-state index >= 15 is 0 Å². The number of carbonyl (C=O) groups is 1. The van der Waals surface area contributed by atoms with Crippen LogP contribution in [0, 0.1) is 0 Å². The minimum Gasteiger partial charge on any atom is -0.346 e. The number of rotatable bonds is 5. The summed E-state index contributed by atoms with van der Waals surface area (Å²) in [5.74, 6) is 0.0283. The first kappa shape index (κ1) is 14.5. The molecule has 19 heavy (non-hydrogen) atoms. The summed E-state index contributed by atoms with van der Waals surface area (Å²) in [4.78, 5) is 12.5. The van der Waals surface area contributed by atoms with Gasteiger partial charge in [-0.25, -0.2) is 0 Å². The molecule has 4 heteroatoms. The van der Waals surface area contributed by atoms with Gasteiger partial charge in [0.2, 0.25) is 0 Å². The first-order valence-corrected chi connectivity index (χ1v) is 8.50. The van der Waals surface area contributed by atoms with Crippen molar-refractivity contribution in [3.05, 3.63) is 35.2 Å². The summed E-state index contributed by atoms with van der Waals surface area (Å²) in [6, 6.07) is 8.03. The Morgan fingerprint density at radius 1 is 1.32 bits per heavy atom. The highest BCUT2D eigenvalue weighted by atomic mass is 79.9. The number of carbonyl (C=O) groups excluding carboxylic acids is 1. The third-order valence-electron chi connectivity index (χ3n) is 3.71. The molecule has 2 aromatic rings. The van der Waals surface area contributed by atoms with Gasteiger partial charge in [0.15, 0.2) is 0 Å². The second-order valence-electron chi connectivity index (χ2n) is 4.72. The molecule has 2 rings (SSSR count). The van der Waals surface area contributed by atoms with Gasteiger partial charge in [0.05, 0.1) is 5.56 Å². The molecular formula is C15H18BrNOS. The maximum absolute atomic E-state index is 12.5. The normalized spacial score (nSPS) is 11.7. The van der Waals surface area contributed by atoms with Crippen LogP contribution >= 0.6 is 27.3 Å². The van der Waals surface area contributed by atoms with Gasteiger partial charge in [-0.1, -0.05) is 48.0 Å². The Morgan fingerprint density at radius 3 is 2.63 bits per heavy atom. The van der Waals surface area contributed by atoms with E-state index in [2.05, 4.69) is 35.1 Å². The van der Waals surface area contributed by atoms with E-state index < -0.39 is 0 Å². The Kier molecular flexibility index (Phi) is 4.63. The highest BCUT2D eigenvalue weighted by Gasteiger charge is 2.27. The quantitative estimate of drug-likeness (QED) is 0.793. The van der Waals surface area contributed by atoms with E-state index in [1.807, 2.05) is 29.6 Å². The van der Waals surface area contributed by atoms with Gasteiger partial charge in [0.1, 0.15) is 0 Å². The SMILES string of the molecule is CCC(CC)(CBr)NC(=O)c1csc2ccccc12. The average molecular weight is 340 g/mol. The van der Waals surface area contributed by atoms with Crippen molar-refractivity contribution in [1.29, 1.82) is 0 Å². The topological polar surface area (TPSA) is 29.1 Å². The number of amides is 1. The Labute approximate surface area is 126 Å². The fraction of sp³-hybridized carbons (Fsp3) is 0.400. The molecule has 0 saturated carbocycles. The highest BCUT2D eigenvalue weighted by molar-refractivity contribution is 9.09. The summed E-state index contributed by atoms with van der Waals surface area (Å²) in [6.45, 7) is 4.22. The predicted octanol–water partition coefficient (Wildman–Crippen LogP) is 4.58. The van der Waals surface area contributed by atoms with E-state index in [9.17, 15) is 4.79 Å². The van der Waals surface area contributed by atoms with Gasteiger partial charge >= 0.3 is 0 Å². The third-order valence-corrected chi connectivity index (χ3v) is 5.75. The lowest BCUT2D eigenvalue weighted by Gasteiger charge is -2.30. The molecular weight excluding hydrogens is 322 g/mol. The van der Waals surface area contributed by atoms with Crippen molar-refractivity contribution in [3.8, 4) is 0 Å². The van der Waals surface area contributed by atoms with Crippen molar-refractivity contribution in [2.75, 3.05) is 5.33 Å². The van der Waals surface area contributed by atoms with Crippen LogP contribution in [0.15, 0.2) is 29.6 Å². The van der Waals surface area contributed by atoms with Crippen LogP contribution in [0.4, 0.5) is 0 Å². The summed E-state index contributed by atoms with van der Waals surface area (Å²) in [5, 5.41) is 6.96. The van der Waals surface area contributed by atoms with Crippen LogP contribution in [0.5, 0.6) is 0 Å². The number of benzene rings is 1. The molecule has 0 aliphatic carbocycles. The molecule has 0 bridgehead atoms. The molecule has 1 aromatic heterocycles. The van der Waals surface area contributed by atoms with Crippen molar-refractivity contribution in [2.24, 2.45) is 0 Å². The lowest BCUT2D eigenvalue weighted by molar-refractivity contribution is 0.0906. The Morgan fingerprint density at radius 2 is 2.00 bits per heavy atom. The number of thiophene rings is 1. The van der Waals surface area contributed by atoms with Crippen LogP contribution in [0.2, 0.25) is 0 Å². The highest BCUT2D eigenvalue weighted by Crippen LogP contribution is 2.27.